The molecule has 1 saturated heterocycles. The highest BCUT2D eigenvalue weighted by Gasteiger charge is 2.24. The van der Waals surface area contributed by atoms with Crippen LogP contribution in [-0.4, -0.2) is 50.0 Å². The number of hydrogen-bond donors (Lipinski definition) is 2. The molecule has 1 unspecified atom stereocenters. The van der Waals surface area contributed by atoms with E-state index in [1.165, 1.54) is 10.1 Å². The minimum absolute atomic E-state index is 0.0776. The third-order valence-electron chi connectivity index (χ3n) is 5.79. The average Bonchev–Trinajstić information content (AvgIpc) is 3.17. The maximum absolute atomic E-state index is 12.6. The number of hydrogen-bond acceptors (Lipinski definition) is 6. The van der Waals surface area contributed by atoms with Crippen LogP contribution in [0.15, 0.2) is 33.9 Å². The summed E-state index contributed by atoms with van der Waals surface area (Å²) in [6.45, 7) is 3.95. The summed E-state index contributed by atoms with van der Waals surface area (Å²) in [6.07, 6.45) is 3.33. The summed E-state index contributed by atoms with van der Waals surface area (Å²) in [4.78, 5) is 33.8. The highest BCUT2D eigenvalue weighted by atomic mass is 16.5. The molecule has 1 aromatic carbocycles. The van der Waals surface area contributed by atoms with Crippen molar-refractivity contribution < 1.29 is 9.84 Å². The summed E-state index contributed by atoms with van der Waals surface area (Å²) in [7, 11) is 1.58. The standard InChI is InChI=1S/C22H29N5O4/c1-3-15-7-9-17(10-8-15)31-14-16(28)13-27-18-19(25(2)22(30)24-20(18)29)23-21(27)26-11-5-4-6-12-26/h7-10,16,28H,3-6,11-14H2,1-2H3,(H,24,29,30). The topological polar surface area (TPSA) is 105 Å². The van der Waals surface area contributed by atoms with E-state index in [9.17, 15) is 14.7 Å². The molecule has 2 aromatic heterocycles. The molecule has 1 fully saturated rings. The van der Waals surface area contributed by atoms with Gasteiger partial charge in [-0.3, -0.25) is 14.3 Å². The van der Waals surface area contributed by atoms with Crippen molar-refractivity contribution in [3.05, 3.63) is 50.7 Å². The van der Waals surface area contributed by atoms with Crippen LogP contribution >= 0.6 is 0 Å². The second-order valence-corrected chi connectivity index (χ2v) is 8.02. The van der Waals surface area contributed by atoms with Gasteiger partial charge >= 0.3 is 5.69 Å². The minimum atomic E-state index is -0.858. The van der Waals surface area contributed by atoms with E-state index in [0.29, 0.717) is 17.3 Å². The van der Waals surface area contributed by atoms with E-state index in [4.69, 9.17) is 4.74 Å². The number of rotatable bonds is 7. The molecule has 1 atom stereocenters. The van der Waals surface area contributed by atoms with Gasteiger partial charge in [-0.25, -0.2) is 4.79 Å². The molecule has 1 aliphatic rings. The zero-order chi connectivity index (χ0) is 22.0. The number of fused-ring (bicyclic) bond motifs is 1. The van der Waals surface area contributed by atoms with Gasteiger partial charge in [0.15, 0.2) is 11.2 Å². The van der Waals surface area contributed by atoms with Crippen molar-refractivity contribution in [2.24, 2.45) is 7.05 Å². The Morgan fingerprint density at radius 3 is 2.55 bits per heavy atom. The van der Waals surface area contributed by atoms with E-state index in [1.54, 1.807) is 11.6 Å². The summed E-state index contributed by atoms with van der Waals surface area (Å²) < 4.78 is 8.80. The second-order valence-electron chi connectivity index (χ2n) is 8.02. The second kappa shape index (κ2) is 8.97. The summed E-state index contributed by atoms with van der Waals surface area (Å²) in [6, 6.07) is 7.77. The first-order valence-electron chi connectivity index (χ1n) is 10.8. The lowest BCUT2D eigenvalue weighted by Gasteiger charge is -2.28. The zero-order valence-electron chi connectivity index (χ0n) is 18.0. The van der Waals surface area contributed by atoms with E-state index in [0.717, 1.165) is 38.8 Å². The Hall–Kier alpha value is -3.07. The van der Waals surface area contributed by atoms with Crippen molar-refractivity contribution in [2.75, 3.05) is 24.6 Å². The molecule has 31 heavy (non-hydrogen) atoms. The van der Waals surface area contributed by atoms with Crippen molar-refractivity contribution in [2.45, 2.75) is 45.3 Å². The number of benzene rings is 1. The first kappa shape index (κ1) is 21.2. The Labute approximate surface area is 179 Å². The van der Waals surface area contributed by atoms with Crippen LogP contribution in [0, 0.1) is 0 Å². The molecular weight excluding hydrogens is 398 g/mol. The van der Waals surface area contributed by atoms with E-state index in [1.807, 2.05) is 24.3 Å². The smallest absolute Gasteiger partial charge is 0.329 e. The largest absolute Gasteiger partial charge is 0.491 e. The Balaban J connectivity index is 1.62. The van der Waals surface area contributed by atoms with Gasteiger partial charge in [0.2, 0.25) is 5.95 Å². The maximum atomic E-state index is 12.6. The Morgan fingerprint density at radius 2 is 1.87 bits per heavy atom. The highest BCUT2D eigenvalue weighted by Crippen LogP contribution is 2.23. The Kier molecular flexibility index (Phi) is 6.13. The number of aliphatic hydroxyl groups excluding tert-OH is 1. The predicted molar refractivity (Wildman–Crippen MR) is 119 cm³/mol. The molecule has 9 nitrogen and oxygen atoms in total. The van der Waals surface area contributed by atoms with E-state index < -0.39 is 17.4 Å². The molecule has 9 heteroatoms. The number of aryl methyl sites for hydroxylation is 2. The van der Waals surface area contributed by atoms with Gasteiger partial charge in [0.05, 0.1) is 6.54 Å². The summed E-state index contributed by atoms with van der Waals surface area (Å²) >= 11 is 0. The molecule has 0 spiro atoms. The van der Waals surface area contributed by atoms with E-state index in [-0.39, 0.29) is 18.7 Å². The summed E-state index contributed by atoms with van der Waals surface area (Å²) in [5.41, 5.74) is 0.810. The first-order valence-corrected chi connectivity index (χ1v) is 10.8. The average molecular weight is 428 g/mol. The summed E-state index contributed by atoms with van der Waals surface area (Å²) in [5.74, 6) is 1.29. The number of nitrogens with one attached hydrogen (secondary N) is 1. The van der Waals surface area contributed by atoms with Crippen molar-refractivity contribution in [1.82, 2.24) is 19.1 Å². The molecule has 3 aromatic rings. The monoisotopic (exact) mass is 427 g/mol. The van der Waals surface area contributed by atoms with Crippen LogP contribution in [0.5, 0.6) is 5.75 Å². The fourth-order valence-electron chi connectivity index (χ4n) is 4.01. The highest BCUT2D eigenvalue weighted by molar-refractivity contribution is 5.74. The van der Waals surface area contributed by atoms with Gasteiger partial charge < -0.3 is 19.3 Å². The SMILES string of the molecule is CCc1ccc(OCC(O)Cn2c(N3CCCCC3)nc3c2c(=O)[nH]c(=O)n3C)cc1. The fraction of sp³-hybridized carbons (Fsp3) is 0.500. The fourth-order valence-corrected chi connectivity index (χ4v) is 4.01. The number of ether oxygens (including phenoxy) is 1. The van der Waals surface area contributed by atoms with Crippen LogP contribution in [-0.2, 0) is 20.0 Å². The van der Waals surface area contributed by atoms with Crippen molar-refractivity contribution in [1.29, 1.82) is 0 Å². The van der Waals surface area contributed by atoms with Crippen molar-refractivity contribution >= 4 is 17.1 Å². The third-order valence-corrected chi connectivity index (χ3v) is 5.79. The number of anilines is 1. The van der Waals surface area contributed by atoms with Gasteiger partial charge in [0.1, 0.15) is 18.5 Å². The van der Waals surface area contributed by atoms with Gasteiger partial charge in [-0.15, -0.1) is 0 Å². The molecule has 166 valence electrons. The van der Waals surface area contributed by atoms with Gasteiger partial charge in [0.25, 0.3) is 5.56 Å². The van der Waals surface area contributed by atoms with Crippen molar-refractivity contribution in [3.8, 4) is 5.75 Å². The predicted octanol–water partition coefficient (Wildman–Crippen LogP) is 1.42. The molecule has 2 N–H and O–H groups in total. The minimum Gasteiger partial charge on any atom is -0.491 e. The lowest BCUT2D eigenvalue weighted by Crippen LogP contribution is -2.34. The molecule has 0 aliphatic carbocycles. The number of piperidine rings is 1. The van der Waals surface area contributed by atoms with Crippen LogP contribution < -0.4 is 20.9 Å². The van der Waals surface area contributed by atoms with Crippen LogP contribution in [0.3, 0.4) is 0 Å². The van der Waals surface area contributed by atoms with Crippen molar-refractivity contribution in [3.63, 3.8) is 0 Å². The number of aromatic amines is 1. The number of nitrogens with zero attached hydrogens (tertiary/aromatic N) is 4. The molecule has 0 bridgehead atoms. The van der Waals surface area contributed by atoms with Crippen LogP contribution in [0.1, 0.15) is 31.7 Å². The van der Waals surface area contributed by atoms with Gasteiger partial charge in [0, 0.05) is 20.1 Å². The number of H-pyrrole nitrogens is 1. The molecule has 0 saturated carbocycles. The number of aliphatic hydroxyl groups is 1. The van der Waals surface area contributed by atoms with Gasteiger partial charge in [-0.2, -0.15) is 4.98 Å². The first-order chi connectivity index (χ1) is 15.0. The molecule has 1 aliphatic heterocycles. The molecular formula is C22H29N5O4. The number of aromatic nitrogens is 4. The van der Waals surface area contributed by atoms with E-state index in [2.05, 4.69) is 21.8 Å². The van der Waals surface area contributed by atoms with Crippen LogP contribution in [0.2, 0.25) is 0 Å². The Bertz CT molecular complexity index is 1160. The molecule has 3 heterocycles. The quantitative estimate of drug-likeness (QED) is 0.591. The molecule has 4 rings (SSSR count). The van der Waals surface area contributed by atoms with Gasteiger partial charge in [-0.1, -0.05) is 19.1 Å². The van der Waals surface area contributed by atoms with Gasteiger partial charge in [-0.05, 0) is 43.4 Å². The molecule has 0 amide bonds. The Morgan fingerprint density at radius 1 is 1.16 bits per heavy atom. The van der Waals surface area contributed by atoms with Crippen LogP contribution in [0.25, 0.3) is 11.2 Å². The molecule has 0 radical (unpaired) electrons. The van der Waals surface area contributed by atoms with Crippen LogP contribution in [0.4, 0.5) is 5.95 Å². The normalized spacial score (nSPS) is 15.4. The lowest BCUT2D eigenvalue weighted by molar-refractivity contribution is 0.0936. The van der Waals surface area contributed by atoms with E-state index >= 15 is 0 Å². The number of imidazole rings is 1. The lowest BCUT2D eigenvalue weighted by atomic mass is 10.1. The maximum Gasteiger partial charge on any atom is 0.329 e. The summed E-state index contributed by atoms with van der Waals surface area (Å²) in [5, 5.41) is 10.7. The zero-order valence-corrected chi connectivity index (χ0v) is 18.0. The third kappa shape index (κ3) is 4.36.